The second-order valence-electron chi connectivity index (χ2n) is 4.51. The largest absolute Gasteiger partial charge is 0.456 e. The molecule has 4 heteroatoms. The summed E-state index contributed by atoms with van der Waals surface area (Å²) in [6.45, 7) is 2.51. The lowest BCUT2D eigenvalue weighted by Gasteiger charge is -2.15. The molecule has 18 heavy (non-hydrogen) atoms. The van der Waals surface area contributed by atoms with Crippen LogP contribution in [-0.4, -0.2) is 12.5 Å². The van der Waals surface area contributed by atoms with Crippen molar-refractivity contribution in [3.63, 3.8) is 0 Å². The van der Waals surface area contributed by atoms with Crippen LogP contribution in [0.15, 0.2) is 34.7 Å². The molecule has 1 aliphatic heterocycles. The molecule has 0 spiro atoms. The third-order valence-corrected chi connectivity index (χ3v) is 3.20. The molecular formula is C14H14N2O2. The molecule has 0 unspecified atom stereocenters. The van der Waals surface area contributed by atoms with Gasteiger partial charge in [-0.15, -0.1) is 0 Å². The van der Waals surface area contributed by atoms with E-state index in [4.69, 9.17) is 10.2 Å². The second-order valence-corrected chi connectivity index (χ2v) is 4.51. The van der Waals surface area contributed by atoms with Crippen LogP contribution in [-0.2, 0) is 6.42 Å². The summed E-state index contributed by atoms with van der Waals surface area (Å²) in [6, 6.07) is 9.15. The lowest BCUT2D eigenvalue weighted by molar-refractivity contribution is 0.0961. The van der Waals surface area contributed by atoms with E-state index in [1.807, 2.05) is 25.1 Å². The van der Waals surface area contributed by atoms with Crippen LogP contribution in [0.25, 0.3) is 0 Å². The molecule has 1 aliphatic rings. The maximum atomic E-state index is 12.3. The number of nitrogens with zero attached hydrogens (tertiary/aromatic N) is 1. The number of hydrogen-bond donors (Lipinski definition) is 1. The van der Waals surface area contributed by atoms with Gasteiger partial charge in [0.25, 0.3) is 5.91 Å². The van der Waals surface area contributed by atoms with E-state index in [9.17, 15) is 4.79 Å². The number of nitrogen functional groups attached to an aromatic ring is 1. The predicted octanol–water partition coefficient (Wildman–Crippen LogP) is 2.37. The van der Waals surface area contributed by atoms with Gasteiger partial charge in [0.2, 0.25) is 0 Å². The number of carbonyl (C=O) groups excluding carboxylic acids is 1. The van der Waals surface area contributed by atoms with E-state index in [0.29, 0.717) is 12.3 Å². The number of rotatable bonds is 1. The number of aryl methyl sites for hydroxylation is 1. The Morgan fingerprint density at radius 1 is 1.33 bits per heavy atom. The topological polar surface area (TPSA) is 59.5 Å². The summed E-state index contributed by atoms with van der Waals surface area (Å²) in [5.41, 5.74) is 8.53. The Morgan fingerprint density at radius 2 is 2.17 bits per heavy atom. The highest BCUT2D eigenvalue weighted by Gasteiger charge is 2.27. The van der Waals surface area contributed by atoms with Gasteiger partial charge in [0.15, 0.2) is 5.76 Å². The molecule has 3 rings (SSSR count). The monoisotopic (exact) mass is 242 g/mol. The van der Waals surface area contributed by atoms with Gasteiger partial charge in [0.05, 0.1) is 0 Å². The van der Waals surface area contributed by atoms with Crippen molar-refractivity contribution < 1.29 is 9.21 Å². The molecule has 1 amide bonds. The van der Waals surface area contributed by atoms with Crippen LogP contribution in [0.3, 0.4) is 0 Å². The Hall–Kier alpha value is -2.23. The minimum Gasteiger partial charge on any atom is -0.456 e. The van der Waals surface area contributed by atoms with Crippen molar-refractivity contribution in [3.8, 4) is 0 Å². The molecule has 0 fully saturated rings. The second kappa shape index (κ2) is 3.91. The summed E-state index contributed by atoms with van der Waals surface area (Å²) in [5, 5.41) is 0. The molecule has 0 aliphatic carbocycles. The predicted molar refractivity (Wildman–Crippen MR) is 69.7 cm³/mol. The Kier molecular flexibility index (Phi) is 2.37. The van der Waals surface area contributed by atoms with Gasteiger partial charge in [-0.2, -0.15) is 0 Å². The molecule has 2 aromatic rings. The summed E-state index contributed by atoms with van der Waals surface area (Å²) in [7, 11) is 0. The molecule has 0 radical (unpaired) electrons. The third-order valence-electron chi connectivity index (χ3n) is 3.20. The van der Waals surface area contributed by atoms with Crippen LogP contribution in [0.5, 0.6) is 0 Å². The van der Waals surface area contributed by atoms with Crippen molar-refractivity contribution in [2.24, 2.45) is 0 Å². The van der Waals surface area contributed by atoms with Crippen molar-refractivity contribution in [3.05, 3.63) is 47.4 Å². The zero-order valence-electron chi connectivity index (χ0n) is 10.1. The summed E-state index contributed by atoms with van der Waals surface area (Å²) in [6.07, 6.45) is 0.839. The first kappa shape index (κ1) is 10.9. The van der Waals surface area contributed by atoms with Gasteiger partial charge in [-0.05, 0) is 49.2 Å². The van der Waals surface area contributed by atoms with Crippen molar-refractivity contribution in [1.29, 1.82) is 0 Å². The summed E-state index contributed by atoms with van der Waals surface area (Å²) < 4.78 is 5.38. The fourth-order valence-corrected chi connectivity index (χ4v) is 2.32. The number of amides is 1. The van der Waals surface area contributed by atoms with Crippen molar-refractivity contribution in [2.45, 2.75) is 13.3 Å². The van der Waals surface area contributed by atoms with Crippen LogP contribution in [0, 0.1) is 6.92 Å². The highest BCUT2D eigenvalue weighted by atomic mass is 16.3. The van der Waals surface area contributed by atoms with E-state index in [2.05, 4.69) is 0 Å². The number of nitrogens with two attached hydrogens (primary N) is 1. The van der Waals surface area contributed by atoms with Gasteiger partial charge in [-0.1, -0.05) is 0 Å². The molecule has 0 saturated carbocycles. The van der Waals surface area contributed by atoms with Gasteiger partial charge in [0, 0.05) is 17.9 Å². The summed E-state index contributed by atoms with van der Waals surface area (Å²) in [4.78, 5) is 14.1. The molecule has 4 nitrogen and oxygen atoms in total. The standard InChI is InChI=1S/C14H14N2O2/c1-9-2-5-13(18-9)14(17)16-7-6-10-8-11(15)3-4-12(10)16/h2-5,8H,6-7,15H2,1H3. The summed E-state index contributed by atoms with van der Waals surface area (Å²) in [5.74, 6) is 1.04. The molecule has 92 valence electrons. The molecular weight excluding hydrogens is 228 g/mol. The van der Waals surface area contributed by atoms with Crippen molar-refractivity contribution in [2.75, 3.05) is 17.2 Å². The number of furan rings is 1. The smallest absolute Gasteiger partial charge is 0.293 e. The minimum atomic E-state index is -0.0911. The minimum absolute atomic E-state index is 0.0911. The van der Waals surface area contributed by atoms with E-state index in [1.165, 1.54) is 0 Å². The van der Waals surface area contributed by atoms with Crippen LogP contribution in [0.4, 0.5) is 11.4 Å². The molecule has 0 atom stereocenters. The zero-order chi connectivity index (χ0) is 12.7. The van der Waals surface area contributed by atoms with Crippen molar-refractivity contribution in [1.82, 2.24) is 0 Å². The Balaban J connectivity index is 1.95. The maximum Gasteiger partial charge on any atom is 0.293 e. The fourth-order valence-electron chi connectivity index (χ4n) is 2.32. The fraction of sp³-hybridized carbons (Fsp3) is 0.214. The normalized spacial score (nSPS) is 13.7. The van der Waals surface area contributed by atoms with Gasteiger partial charge in [0.1, 0.15) is 5.76 Å². The van der Waals surface area contributed by atoms with Crippen LogP contribution < -0.4 is 10.6 Å². The SMILES string of the molecule is Cc1ccc(C(=O)N2CCc3cc(N)ccc32)o1. The van der Waals surface area contributed by atoms with E-state index < -0.39 is 0 Å². The summed E-state index contributed by atoms with van der Waals surface area (Å²) >= 11 is 0. The number of carbonyl (C=O) groups is 1. The van der Waals surface area contributed by atoms with Crippen LogP contribution in [0.1, 0.15) is 21.9 Å². The van der Waals surface area contributed by atoms with Crippen molar-refractivity contribution >= 4 is 17.3 Å². The Bertz CT molecular complexity index is 616. The molecule has 1 aromatic heterocycles. The first-order valence-corrected chi connectivity index (χ1v) is 5.92. The third kappa shape index (κ3) is 1.66. The van der Waals surface area contributed by atoms with Crippen LogP contribution >= 0.6 is 0 Å². The number of hydrogen-bond acceptors (Lipinski definition) is 3. The maximum absolute atomic E-state index is 12.3. The van der Waals surface area contributed by atoms with Gasteiger partial charge < -0.3 is 15.1 Å². The van der Waals surface area contributed by atoms with Gasteiger partial charge in [-0.25, -0.2) is 0 Å². The zero-order valence-corrected chi connectivity index (χ0v) is 10.1. The molecule has 2 N–H and O–H groups in total. The molecule has 0 saturated heterocycles. The van der Waals surface area contributed by atoms with E-state index >= 15 is 0 Å². The molecule has 0 bridgehead atoms. The van der Waals surface area contributed by atoms with Gasteiger partial charge in [-0.3, -0.25) is 4.79 Å². The van der Waals surface area contributed by atoms with E-state index in [1.54, 1.807) is 17.0 Å². The first-order chi connectivity index (χ1) is 8.65. The highest BCUT2D eigenvalue weighted by molar-refractivity contribution is 6.05. The first-order valence-electron chi connectivity index (χ1n) is 5.92. The highest BCUT2D eigenvalue weighted by Crippen LogP contribution is 2.30. The average molecular weight is 242 g/mol. The quantitative estimate of drug-likeness (QED) is 0.781. The molecule has 2 heterocycles. The van der Waals surface area contributed by atoms with Crippen LogP contribution in [0.2, 0.25) is 0 Å². The number of benzene rings is 1. The Labute approximate surface area is 105 Å². The van der Waals surface area contributed by atoms with E-state index in [0.717, 1.165) is 29.1 Å². The Morgan fingerprint density at radius 3 is 2.89 bits per heavy atom. The number of fused-ring (bicyclic) bond motifs is 1. The van der Waals surface area contributed by atoms with E-state index in [-0.39, 0.29) is 5.91 Å². The number of anilines is 2. The van der Waals surface area contributed by atoms with Gasteiger partial charge >= 0.3 is 0 Å². The molecule has 1 aromatic carbocycles. The lowest BCUT2D eigenvalue weighted by atomic mass is 10.1. The lowest BCUT2D eigenvalue weighted by Crippen LogP contribution is -2.28. The average Bonchev–Trinajstić information content (AvgIpc) is 2.94.